The van der Waals surface area contributed by atoms with Gasteiger partial charge in [-0.3, -0.25) is 4.79 Å². The third-order valence-corrected chi connectivity index (χ3v) is 1.93. The number of rotatable bonds is 9. The predicted molar refractivity (Wildman–Crippen MR) is 61.9 cm³/mol. The summed E-state index contributed by atoms with van der Waals surface area (Å²) in [5, 5.41) is 3.22. The molecule has 0 amide bonds. The Hall–Kier alpha value is -0.610. The lowest BCUT2D eigenvalue weighted by molar-refractivity contribution is -0.143. The monoisotopic (exact) mass is 216 g/mol. The molecule has 0 rings (SSSR count). The van der Waals surface area contributed by atoms with Gasteiger partial charge in [0.25, 0.3) is 0 Å². The number of nitrogens with zero attached hydrogens (tertiary/aromatic N) is 1. The van der Waals surface area contributed by atoms with Gasteiger partial charge in [0, 0.05) is 6.54 Å². The lowest BCUT2D eigenvalue weighted by Crippen LogP contribution is -2.24. The number of carbonyl (C=O) groups excluding carboxylic acids is 1. The van der Waals surface area contributed by atoms with E-state index in [9.17, 15) is 4.79 Å². The lowest BCUT2D eigenvalue weighted by Gasteiger charge is -2.09. The van der Waals surface area contributed by atoms with Crippen molar-refractivity contribution in [2.24, 2.45) is 0 Å². The van der Waals surface area contributed by atoms with Crippen LogP contribution < -0.4 is 5.32 Å². The van der Waals surface area contributed by atoms with E-state index in [1.807, 2.05) is 6.92 Å². The van der Waals surface area contributed by atoms with Crippen molar-refractivity contribution in [3.63, 3.8) is 0 Å². The Balaban J connectivity index is 3.13. The zero-order valence-electron chi connectivity index (χ0n) is 10.2. The van der Waals surface area contributed by atoms with Gasteiger partial charge in [0.05, 0.1) is 13.0 Å². The average molecular weight is 216 g/mol. The third-order valence-electron chi connectivity index (χ3n) is 1.93. The number of hydrogen-bond donors (Lipinski definition) is 1. The van der Waals surface area contributed by atoms with Crippen LogP contribution in [0.25, 0.3) is 0 Å². The second kappa shape index (κ2) is 9.93. The van der Waals surface area contributed by atoms with E-state index in [0.29, 0.717) is 13.0 Å². The van der Waals surface area contributed by atoms with Crippen LogP contribution in [0.2, 0.25) is 0 Å². The summed E-state index contributed by atoms with van der Waals surface area (Å²) >= 11 is 0. The van der Waals surface area contributed by atoms with Gasteiger partial charge < -0.3 is 15.0 Å². The van der Waals surface area contributed by atoms with Crippen molar-refractivity contribution in [1.29, 1.82) is 0 Å². The SMILES string of the molecule is CCCOC(=O)CCNCCCN(C)C. The molecule has 90 valence electrons. The zero-order chi connectivity index (χ0) is 11.5. The minimum atomic E-state index is -0.100. The van der Waals surface area contributed by atoms with Crippen molar-refractivity contribution >= 4 is 5.97 Å². The molecule has 0 aromatic carbocycles. The quantitative estimate of drug-likeness (QED) is 0.459. The molecule has 0 aliphatic rings. The second-order valence-electron chi connectivity index (χ2n) is 3.88. The zero-order valence-corrected chi connectivity index (χ0v) is 10.2. The molecular weight excluding hydrogens is 192 g/mol. The van der Waals surface area contributed by atoms with E-state index in [4.69, 9.17) is 4.74 Å². The molecule has 0 aliphatic heterocycles. The molecule has 0 aliphatic carbocycles. The molecule has 0 spiro atoms. The highest BCUT2D eigenvalue weighted by atomic mass is 16.5. The molecule has 15 heavy (non-hydrogen) atoms. The maximum absolute atomic E-state index is 11.1. The molecule has 0 aromatic heterocycles. The van der Waals surface area contributed by atoms with E-state index in [-0.39, 0.29) is 5.97 Å². The first-order valence-electron chi connectivity index (χ1n) is 5.68. The molecule has 4 heteroatoms. The molecule has 0 fully saturated rings. The van der Waals surface area contributed by atoms with Crippen LogP contribution in [0, 0.1) is 0 Å². The van der Waals surface area contributed by atoms with E-state index >= 15 is 0 Å². The maximum atomic E-state index is 11.1. The van der Waals surface area contributed by atoms with Crippen LogP contribution in [-0.4, -0.2) is 51.2 Å². The number of nitrogens with one attached hydrogen (secondary N) is 1. The molecule has 0 unspecified atom stereocenters. The molecule has 0 heterocycles. The summed E-state index contributed by atoms with van der Waals surface area (Å²) in [5.41, 5.74) is 0. The van der Waals surface area contributed by atoms with E-state index in [0.717, 1.165) is 32.5 Å². The van der Waals surface area contributed by atoms with Crippen molar-refractivity contribution in [2.75, 3.05) is 40.3 Å². The molecule has 0 bridgehead atoms. The summed E-state index contributed by atoms with van der Waals surface area (Å²) in [6.07, 6.45) is 2.47. The molecule has 1 N–H and O–H groups in total. The number of ether oxygens (including phenoxy) is 1. The number of carbonyl (C=O) groups is 1. The first-order valence-corrected chi connectivity index (χ1v) is 5.68. The van der Waals surface area contributed by atoms with Crippen LogP contribution >= 0.6 is 0 Å². The fraction of sp³-hybridized carbons (Fsp3) is 0.909. The van der Waals surface area contributed by atoms with Crippen molar-refractivity contribution in [3.8, 4) is 0 Å². The van der Waals surface area contributed by atoms with E-state index < -0.39 is 0 Å². The largest absolute Gasteiger partial charge is 0.466 e. The number of hydrogen-bond acceptors (Lipinski definition) is 4. The van der Waals surface area contributed by atoms with E-state index in [1.165, 1.54) is 0 Å². The summed E-state index contributed by atoms with van der Waals surface area (Å²) in [6.45, 7) is 5.29. The summed E-state index contributed by atoms with van der Waals surface area (Å²) in [7, 11) is 4.12. The van der Waals surface area contributed by atoms with Gasteiger partial charge in [-0.25, -0.2) is 0 Å². The molecule has 0 atom stereocenters. The van der Waals surface area contributed by atoms with Gasteiger partial charge in [-0.05, 0) is 40.0 Å². The van der Waals surface area contributed by atoms with Crippen LogP contribution in [0.4, 0.5) is 0 Å². The Morgan fingerprint density at radius 2 is 2.07 bits per heavy atom. The average Bonchev–Trinajstić information content (AvgIpc) is 2.19. The van der Waals surface area contributed by atoms with Gasteiger partial charge in [0.2, 0.25) is 0 Å². The van der Waals surface area contributed by atoms with Crippen molar-refractivity contribution < 1.29 is 9.53 Å². The Morgan fingerprint density at radius 1 is 1.33 bits per heavy atom. The summed E-state index contributed by atoms with van der Waals surface area (Å²) in [6, 6.07) is 0. The Labute approximate surface area is 93.0 Å². The van der Waals surface area contributed by atoms with Crippen LogP contribution in [0.3, 0.4) is 0 Å². The maximum Gasteiger partial charge on any atom is 0.307 e. The fourth-order valence-electron chi connectivity index (χ4n) is 1.12. The second-order valence-corrected chi connectivity index (χ2v) is 3.88. The first kappa shape index (κ1) is 14.4. The van der Waals surface area contributed by atoms with E-state index in [1.54, 1.807) is 0 Å². The third kappa shape index (κ3) is 11.3. The summed E-state index contributed by atoms with van der Waals surface area (Å²) in [5.74, 6) is -0.100. The van der Waals surface area contributed by atoms with Crippen LogP contribution in [-0.2, 0) is 9.53 Å². The smallest absolute Gasteiger partial charge is 0.307 e. The van der Waals surface area contributed by atoms with Gasteiger partial charge >= 0.3 is 5.97 Å². The van der Waals surface area contributed by atoms with Crippen molar-refractivity contribution in [3.05, 3.63) is 0 Å². The van der Waals surface area contributed by atoms with E-state index in [2.05, 4.69) is 24.3 Å². The molecule has 0 radical (unpaired) electrons. The summed E-state index contributed by atoms with van der Waals surface area (Å²) in [4.78, 5) is 13.2. The highest BCUT2D eigenvalue weighted by Gasteiger charge is 2.00. The van der Waals surface area contributed by atoms with Crippen molar-refractivity contribution in [2.45, 2.75) is 26.2 Å². The highest BCUT2D eigenvalue weighted by Crippen LogP contribution is 1.87. The molecule has 0 saturated carbocycles. The first-order chi connectivity index (χ1) is 7.16. The minimum Gasteiger partial charge on any atom is -0.466 e. The standard InChI is InChI=1S/C11H24N2O2/c1-4-10-15-11(14)6-8-12-7-5-9-13(2)3/h12H,4-10H2,1-3H3. The van der Waals surface area contributed by atoms with Gasteiger partial charge in [0.15, 0.2) is 0 Å². The van der Waals surface area contributed by atoms with Crippen LogP contribution in [0.1, 0.15) is 26.2 Å². The fourth-order valence-corrected chi connectivity index (χ4v) is 1.12. The van der Waals surface area contributed by atoms with Crippen LogP contribution in [0.5, 0.6) is 0 Å². The Bertz CT molecular complexity index is 161. The molecular formula is C11H24N2O2. The van der Waals surface area contributed by atoms with Crippen molar-refractivity contribution in [1.82, 2.24) is 10.2 Å². The highest BCUT2D eigenvalue weighted by molar-refractivity contribution is 5.69. The van der Waals surface area contributed by atoms with Gasteiger partial charge in [-0.2, -0.15) is 0 Å². The van der Waals surface area contributed by atoms with Gasteiger partial charge in [-0.1, -0.05) is 6.92 Å². The van der Waals surface area contributed by atoms with Gasteiger partial charge in [-0.15, -0.1) is 0 Å². The molecule has 0 saturated heterocycles. The van der Waals surface area contributed by atoms with Gasteiger partial charge in [0.1, 0.15) is 0 Å². The lowest BCUT2D eigenvalue weighted by atomic mass is 10.3. The van der Waals surface area contributed by atoms with Crippen LogP contribution in [0.15, 0.2) is 0 Å². The normalized spacial score (nSPS) is 10.7. The minimum absolute atomic E-state index is 0.100. The Morgan fingerprint density at radius 3 is 2.67 bits per heavy atom. The summed E-state index contributed by atoms with van der Waals surface area (Å²) < 4.78 is 4.95. The topological polar surface area (TPSA) is 41.6 Å². The molecule has 0 aromatic rings. The number of esters is 1. The Kier molecular flexibility index (Phi) is 9.52. The molecule has 4 nitrogen and oxygen atoms in total. The predicted octanol–water partition coefficient (Wildman–Crippen LogP) is 0.871.